The van der Waals surface area contributed by atoms with E-state index in [1.807, 2.05) is 12.1 Å². The number of unbranched alkanes of at least 4 members (excludes halogenated alkanes) is 3. The molecule has 0 radical (unpaired) electrons. The number of carbonyl (C=O) groups is 2. The van der Waals surface area contributed by atoms with E-state index in [2.05, 4.69) is 17.0 Å². The predicted octanol–water partition coefficient (Wildman–Crippen LogP) is 7.88. The van der Waals surface area contributed by atoms with E-state index < -0.39 is 17.7 Å². The number of ether oxygens (including phenoxy) is 3. The number of halogens is 3. The summed E-state index contributed by atoms with van der Waals surface area (Å²) in [6.45, 7) is 2.34. The first-order chi connectivity index (χ1) is 19.2. The zero-order chi connectivity index (χ0) is 29.0. The van der Waals surface area contributed by atoms with Crippen molar-refractivity contribution in [1.82, 2.24) is 5.32 Å². The second-order valence-electron chi connectivity index (χ2n) is 9.26. The van der Waals surface area contributed by atoms with Crippen LogP contribution in [0.4, 0.5) is 13.2 Å². The number of methoxy groups -OCH3 is 1. The Morgan fingerprint density at radius 2 is 1.43 bits per heavy atom. The molecular weight excluding hydrogens is 523 g/mol. The van der Waals surface area contributed by atoms with E-state index in [-0.39, 0.29) is 25.0 Å². The first kappa shape index (κ1) is 30.5. The number of rotatable bonds is 14. The number of carbonyl (C=O) groups excluding carboxylic acids is 2. The fraction of sp³-hybridized carbons (Fsp3) is 0.355. The highest BCUT2D eigenvalue weighted by molar-refractivity contribution is 5.94. The zero-order valence-corrected chi connectivity index (χ0v) is 22.6. The molecule has 40 heavy (non-hydrogen) atoms. The van der Waals surface area contributed by atoms with E-state index in [4.69, 9.17) is 9.47 Å². The molecule has 3 aromatic rings. The lowest BCUT2D eigenvalue weighted by Crippen LogP contribution is -2.26. The van der Waals surface area contributed by atoms with Gasteiger partial charge in [-0.25, -0.2) is 0 Å². The van der Waals surface area contributed by atoms with Crippen LogP contribution in [-0.2, 0) is 15.7 Å². The summed E-state index contributed by atoms with van der Waals surface area (Å²) in [5.41, 5.74) is 0.664. The molecule has 0 aliphatic rings. The molecule has 0 spiro atoms. The Morgan fingerprint density at radius 1 is 0.825 bits per heavy atom. The molecule has 1 unspecified atom stereocenters. The summed E-state index contributed by atoms with van der Waals surface area (Å²) in [6.07, 6.45) is 0.550. The summed E-state index contributed by atoms with van der Waals surface area (Å²) in [7, 11) is 1.30. The number of alkyl halides is 3. The minimum absolute atomic E-state index is 0.0994. The SMILES string of the molecule is CCCCCCC(Oc1ccc(Oc2ccc(C(F)(F)F)cc2)cc1)c1ccc(C(=O)NCCC(=O)OC)cc1. The van der Waals surface area contributed by atoms with Crippen LogP contribution in [0, 0.1) is 0 Å². The minimum Gasteiger partial charge on any atom is -0.486 e. The van der Waals surface area contributed by atoms with Crippen molar-refractivity contribution in [2.45, 2.75) is 57.7 Å². The second-order valence-corrected chi connectivity index (χ2v) is 9.26. The number of benzene rings is 3. The molecule has 0 saturated heterocycles. The van der Waals surface area contributed by atoms with Gasteiger partial charge < -0.3 is 19.5 Å². The lowest BCUT2D eigenvalue weighted by Gasteiger charge is -2.20. The molecule has 1 amide bonds. The number of esters is 1. The lowest BCUT2D eigenvalue weighted by molar-refractivity contribution is -0.140. The van der Waals surface area contributed by atoms with Gasteiger partial charge in [0.25, 0.3) is 5.91 Å². The maximum atomic E-state index is 12.8. The molecule has 0 fully saturated rings. The van der Waals surface area contributed by atoms with Gasteiger partial charge in [-0.15, -0.1) is 0 Å². The smallest absolute Gasteiger partial charge is 0.416 e. The molecule has 0 saturated carbocycles. The second kappa shape index (κ2) is 15.0. The van der Waals surface area contributed by atoms with Crippen LogP contribution in [0.2, 0.25) is 0 Å². The Hall–Kier alpha value is -4.01. The van der Waals surface area contributed by atoms with Gasteiger partial charge in [0.2, 0.25) is 0 Å². The molecule has 0 aliphatic heterocycles. The van der Waals surface area contributed by atoms with Gasteiger partial charge in [0, 0.05) is 12.1 Å². The Balaban J connectivity index is 1.64. The third kappa shape index (κ3) is 9.63. The predicted molar refractivity (Wildman–Crippen MR) is 145 cm³/mol. The largest absolute Gasteiger partial charge is 0.486 e. The molecule has 9 heteroatoms. The van der Waals surface area contributed by atoms with Crippen molar-refractivity contribution >= 4 is 11.9 Å². The molecule has 6 nitrogen and oxygen atoms in total. The van der Waals surface area contributed by atoms with Crippen molar-refractivity contribution in [3.63, 3.8) is 0 Å². The summed E-state index contributed by atoms with van der Waals surface area (Å²) >= 11 is 0. The topological polar surface area (TPSA) is 73.9 Å². The van der Waals surface area contributed by atoms with E-state index in [9.17, 15) is 22.8 Å². The van der Waals surface area contributed by atoms with Gasteiger partial charge in [-0.3, -0.25) is 9.59 Å². The highest BCUT2D eigenvalue weighted by atomic mass is 19.4. The first-order valence-electron chi connectivity index (χ1n) is 13.3. The van der Waals surface area contributed by atoms with Crippen LogP contribution < -0.4 is 14.8 Å². The number of hydrogen-bond acceptors (Lipinski definition) is 5. The third-order valence-corrected chi connectivity index (χ3v) is 6.23. The number of amides is 1. The van der Waals surface area contributed by atoms with Crippen LogP contribution in [0.1, 0.15) is 73.0 Å². The Morgan fingerprint density at radius 3 is 2.00 bits per heavy atom. The van der Waals surface area contributed by atoms with Gasteiger partial charge in [-0.2, -0.15) is 13.2 Å². The van der Waals surface area contributed by atoms with E-state index in [1.165, 1.54) is 19.2 Å². The number of nitrogens with one attached hydrogen (secondary N) is 1. The molecule has 1 N–H and O–H groups in total. The molecule has 3 rings (SSSR count). The Bertz CT molecular complexity index is 1210. The van der Waals surface area contributed by atoms with E-state index >= 15 is 0 Å². The molecule has 214 valence electrons. The molecule has 1 atom stereocenters. The molecule has 0 aromatic heterocycles. The van der Waals surface area contributed by atoms with Gasteiger partial charge in [0.1, 0.15) is 23.4 Å². The zero-order valence-electron chi connectivity index (χ0n) is 22.6. The van der Waals surface area contributed by atoms with E-state index in [1.54, 1.807) is 36.4 Å². The highest BCUT2D eigenvalue weighted by Crippen LogP contribution is 2.33. The lowest BCUT2D eigenvalue weighted by atomic mass is 10.0. The highest BCUT2D eigenvalue weighted by Gasteiger charge is 2.30. The molecule has 0 heterocycles. The summed E-state index contributed by atoms with van der Waals surface area (Å²) in [4.78, 5) is 23.6. The van der Waals surface area contributed by atoms with Crippen LogP contribution in [0.15, 0.2) is 72.8 Å². The molecule has 0 aliphatic carbocycles. The fourth-order valence-corrected chi connectivity index (χ4v) is 3.98. The van der Waals surface area contributed by atoms with E-state index in [0.717, 1.165) is 49.8 Å². The standard InChI is InChI=1S/C31H34F3NO5/c1-3-4-5-6-7-28(22-8-10-23(11-9-22)30(37)35-21-20-29(36)38-2)40-27-18-16-26(17-19-27)39-25-14-12-24(13-15-25)31(32,33)34/h8-19,28H,3-7,20-21H2,1-2H3,(H,35,37). The maximum absolute atomic E-state index is 12.8. The number of hydrogen-bond donors (Lipinski definition) is 1. The maximum Gasteiger partial charge on any atom is 0.416 e. The summed E-state index contributed by atoms with van der Waals surface area (Å²) in [5.74, 6) is 0.710. The van der Waals surface area contributed by atoms with Crippen molar-refractivity contribution in [2.24, 2.45) is 0 Å². The Kier molecular flexibility index (Phi) is 11.4. The monoisotopic (exact) mass is 557 g/mol. The van der Waals surface area contributed by atoms with Crippen molar-refractivity contribution in [1.29, 1.82) is 0 Å². The molecule has 3 aromatic carbocycles. The van der Waals surface area contributed by atoms with Gasteiger partial charge in [0.15, 0.2) is 0 Å². The van der Waals surface area contributed by atoms with Gasteiger partial charge in [-0.05, 0) is 79.1 Å². The minimum atomic E-state index is -4.40. The van der Waals surface area contributed by atoms with Gasteiger partial charge in [0.05, 0.1) is 19.1 Å². The average Bonchev–Trinajstić information content (AvgIpc) is 2.95. The van der Waals surface area contributed by atoms with Gasteiger partial charge >= 0.3 is 12.1 Å². The Labute approximate surface area is 232 Å². The summed E-state index contributed by atoms with van der Waals surface area (Å²) < 4.78 is 54.9. The van der Waals surface area contributed by atoms with Crippen LogP contribution in [0.25, 0.3) is 0 Å². The third-order valence-electron chi connectivity index (χ3n) is 6.23. The van der Waals surface area contributed by atoms with Crippen LogP contribution >= 0.6 is 0 Å². The van der Waals surface area contributed by atoms with Crippen LogP contribution in [0.5, 0.6) is 17.2 Å². The first-order valence-corrected chi connectivity index (χ1v) is 13.3. The van der Waals surface area contributed by atoms with Crippen LogP contribution in [0.3, 0.4) is 0 Å². The average molecular weight is 558 g/mol. The molecule has 0 bridgehead atoms. The van der Waals surface area contributed by atoms with Crippen LogP contribution in [-0.4, -0.2) is 25.5 Å². The van der Waals surface area contributed by atoms with Crippen molar-refractivity contribution in [3.8, 4) is 17.2 Å². The summed E-state index contributed by atoms with van der Waals surface area (Å²) in [5, 5.41) is 2.70. The fourth-order valence-electron chi connectivity index (χ4n) is 3.98. The molecular formula is C31H34F3NO5. The van der Waals surface area contributed by atoms with Crippen molar-refractivity contribution < 1.29 is 37.0 Å². The normalized spacial score (nSPS) is 11.9. The van der Waals surface area contributed by atoms with Crippen molar-refractivity contribution in [3.05, 3.63) is 89.5 Å². The summed E-state index contributed by atoms with van der Waals surface area (Å²) in [6, 6.07) is 18.6. The quantitative estimate of drug-likeness (QED) is 0.161. The van der Waals surface area contributed by atoms with Gasteiger partial charge in [-0.1, -0.05) is 38.3 Å². The van der Waals surface area contributed by atoms with Crippen molar-refractivity contribution in [2.75, 3.05) is 13.7 Å². The van der Waals surface area contributed by atoms with E-state index in [0.29, 0.717) is 22.8 Å².